The lowest BCUT2D eigenvalue weighted by molar-refractivity contribution is -0.119. The molecule has 1 saturated heterocycles. The molecule has 1 aromatic rings. The van der Waals surface area contributed by atoms with E-state index in [0.717, 1.165) is 11.3 Å². The second-order valence-electron chi connectivity index (χ2n) is 5.13. The first-order valence-corrected chi connectivity index (χ1v) is 9.32. The Balaban J connectivity index is 1.76. The number of benzene rings is 1. The molecule has 25 heavy (non-hydrogen) atoms. The molecule has 2 N–H and O–H groups in total. The number of nitrogens with one attached hydrogen (secondary N) is 2. The SMILES string of the molecule is CCOc1ccc(C=NNC(=O)CNS(=O)(=O)N2CCOCC2)cc1. The van der Waals surface area contributed by atoms with E-state index in [-0.39, 0.29) is 19.6 Å². The van der Waals surface area contributed by atoms with E-state index >= 15 is 0 Å². The number of carbonyl (C=O) groups excluding carboxylic acids is 1. The van der Waals surface area contributed by atoms with Gasteiger partial charge in [0.05, 0.1) is 32.6 Å². The highest BCUT2D eigenvalue weighted by molar-refractivity contribution is 7.87. The van der Waals surface area contributed by atoms with E-state index in [4.69, 9.17) is 9.47 Å². The van der Waals surface area contributed by atoms with Crippen molar-refractivity contribution in [2.75, 3.05) is 39.5 Å². The van der Waals surface area contributed by atoms with E-state index in [9.17, 15) is 13.2 Å². The van der Waals surface area contributed by atoms with E-state index < -0.39 is 16.1 Å². The summed E-state index contributed by atoms with van der Waals surface area (Å²) >= 11 is 0. The number of amides is 1. The molecule has 0 bridgehead atoms. The molecule has 1 amide bonds. The van der Waals surface area contributed by atoms with Crippen LogP contribution in [0.4, 0.5) is 0 Å². The van der Waals surface area contributed by atoms with Crippen LogP contribution in [-0.4, -0.2) is 64.3 Å². The number of hydrazone groups is 1. The summed E-state index contributed by atoms with van der Waals surface area (Å²) in [6.07, 6.45) is 1.46. The molecular formula is C15H22N4O5S. The average Bonchev–Trinajstić information content (AvgIpc) is 2.63. The fourth-order valence-electron chi connectivity index (χ4n) is 2.07. The molecule has 0 aliphatic carbocycles. The van der Waals surface area contributed by atoms with Crippen molar-refractivity contribution in [1.82, 2.24) is 14.5 Å². The van der Waals surface area contributed by atoms with E-state index in [1.165, 1.54) is 10.5 Å². The first-order chi connectivity index (χ1) is 12.0. The Bertz CT molecular complexity index is 684. The number of hydrogen-bond acceptors (Lipinski definition) is 6. The Labute approximate surface area is 147 Å². The highest BCUT2D eigenvalue weighted by Crippen LogP contribution is 2.10. The molecule has 0 radical (unpaired) electrons. The summed E-state index contributed by atoms with van der Waals surface area (Å²) in [5, 5.41) is 3.80. The smallest absolute Gasteiger partial charge is 0.280 e. The van der Waals surface area contributed by atoms with Crippen LogP contribution in [0.25, 0.3) is 0 Å². The summed E-state index contributed by atoms with van der Waals surface area (Å²) in [7, 11) is -3.69. The summed E-state index contributed by atoms with van der Waals surface area (Å²) in [4.78, 5) is 11.7. The van der Waals surface area contributed by atoms with Crippen LogP contribution >= 0.6 is 0 Å². The third-order valence-electron chi connectivity index (χ3n) is 3.32. The third-order valence-corrected chi connectivity index (χ3v) is 4.87. The molecule has 1 heterocycles. The van der Waals surface area contributed by atoms with Crippen LogP contribution in [0, 0.1) is 0 Å². The van der Waals surface area contributed by atoms with Crippen molar-refractivity contribution >= 4 is 22.3 Å². The van der Waals surface area contributed by atoms with Gasteiger partial charge in [-0.1, -0.05) is 0 Å². The molecule has 1 aliphatic heterocycles. The van der Waals surface area contributed by atoms with E-state index in [0.29, 0.717) is 19.8 Å². The Morgan fingerprint density at radius 2 is 2.00 bits per heavy atom. The van der Waals surface area contributed by atoms with Gasteiger partial charge in [-0.15, -0.1) is 0 Å². The standard InChI is InChI=1S/C15H22N4O5S/c1-2-24-14-5-3-13(4-6-14)11-16-18-15(20)12-17-25(21,22)19-7-9-23-10-8-19/h3-6,11,17H,2,7-10,12H2,1H3,(H,18,20). The second-order valence-corrected chi connectivity index (χ2v) is 6.89. The van der Waals surface area contributed by atoms with Crippen LogP contribution in [0.3, 0.4) is 0 Å². The van der Waals surface area contributed by atoms with Crippen molar-refractivity contribution in [2.24, 2.45) is 5.10 Å². The van der Waals surface area contributed by atoms with Gasteiger partial charge in [-0.2, -0.15) is 22.5 Å². The highest BCUT2D eigenvalue weighted by Gasteiger charge is 2.24. The third kappa shape index (κ3) is 6.42. The van der Waals surface area contributed by atoms with Gasteiger partial charge in [0.2, 0.25) is 0 Å². The van der Waals surface area contributed by atoms with E-state index in [2.05, 4.69) is 15.2 Å². The molecule has 0 aromatic heterocycles. The minimum absolute atomic E-state index is 0.271. The molecule has 138 valence electrons. The molecular weight excluding hydrogens is 348 g/mol. The van der Waals surface area contributed by atoms with Gasteiger partial charge in [0.15, 0.2) is 0 Å². The molecule has 10 heteroatoms. The van der Waals surface area contributed by atoms with Gasteiger partial charge >= 0.3 is 0 Å². The predicted octanol–water partition coefficient (Wildman–Crippen LogP) is -0.298. The fourth-order valence-corrected chi connectivity index (χ4v) is 3.20. The highest BCUT2D eigenvalue weighted by atomic mass is 32.2. The number of carbonyl (C=O) groups is 1. The largest absolute Gasteiger partial charge is 0.494 e. The molecule has 9 nitrogen and oxygen atoms in total. The predicted molar refractivity (Wildman–Crippen MR) is 92.7 cm³/mol. The van der Waals surface area contributed by atoms with E-state index in [1.807, 2.05) is 6.92 Å². The van der Waals surface area contributed by atoms with Crippen molar-refractivity contribution in [3.05, 3.63) is 29.8 Å². The van der Waals surface area contributed by atoms with Crippen LogP contribution in [0.15, 0.2) is 29.4 Å². The topological polar surface area (TPSA) is 109 Å². The summed E-state index contributed by atoms with van der Waals surface area (Å²) < 4.78 is 37.9. The summed E-state index contributed by atoms with van der Waals surface area (Å²) in [6.45, 7) is 3.33. The number of ether oxygens (including phenoxy) is 2. The van der Waals surface area contributed by atoms with Gasteiger partial charge in [-0.3, -0.25) is 4.79 Å². The van der Waals surface area contributed by atoms with Gasteiger partial charge in [0, 0.05) is 13.1 Å². The lowest BCUT2D eigenvalue weighted by Crippen LogP contribution is -2.48. The Kier molecular flexibility index (Phi) is 7.31. The van der Waals surface area contributed by atoms with Crippen molar-refractivity contribution < 1.29 is 22.7 Å². The maximum Gasteiger partial charge on any atom is 0.280 e. The second kappa shape index (κ2) is 9.47. The van der Waals surface area contributed by atoms with Gasteiger partial charge in [-0.05, 0) is 36.8 Å². The van der Waals surface area contributed by atoms with Crippen LogP contribution < -0.4 is 14.9 Å². The minimum Gasteiger partial charge on any atom is -0.494 e. The monoisotopic (exact) mass is 370 g/mol. The first kappa shape index (κ1) is 19.3. The summed E-state index contributed by atoms with van der Waals surface area (Å²) in [6, 6.07) is 7.18. The van der Waals surface area contributed by atoms with Gasteiger partial charge in [-0.25, -0.2) is 5.43 Å². The molecule has 1 aromatic carbocycles. The molecule has 0 unspecified atom stereocenters. The summed E-state index contributed by atoms with van der Waals surface area (Å²) in [5.74, 6) is 0.195. The van der Waals surface area contributed by atoms with Gasteiger partial charge in [0.1, 0.15) is 5.75 Å². The van der Waals surface area contributed by atoms with Crippen molar-refractivity contribution in [2.45, 2.75) is 6.92 Å². The van der Waals surface area contributed by atoms with Crippen molar-refractivity contribution in [3.8, 4) is 5.75 Å². The average molecular weight is 370 g/mol. The van der Waals surface area contributed by atoms with Crippen molar-refractivity contribution in [3.63, 3.8) is 0 Å². The Morgan fingerprint density at radius 1 is 1.32 bits per heavy atom. The van der Waals surface area contributed by atoms with Crippen LogP contribution in [0.1, 0.15) is 12.5 Å². The minimum atomic E-state index is -3.69. The Morgan fingerprint density at radius 3 is 2.64 bits per heavy atom. The zero-order valence-corrected chi connectivity index (χ0v) is 14.8. The van der Waals surface area contributed by atoms with Gasteiger partial charge in [0.25, 0.3) is 16.1 Å². The quantitative estimate of drug-likeness (QED) is 0.482. The summed E-state index contributed by atoms with van der Waals surface area (Å²) in [5.41, 5.74) is 3.05. The molecule has 1 fully saturated rings. The molecule has 2 rings (SSSR count). The Hall–Kier alpha value is -2.01. The molecule has 0 spiro atoms. The molecule has 1 aliphatic rings. The zero-order chi connectivity index (χ0) is 18.1. The molecule has 0 saturated carbocycles. The zero-order valence-electron chi connectivity index (χ0n) is 14.0. The van der Waals surface area contributed by atoms with Crippen LogP contribution in [0.2, 0.25) is 0 Å². The lowest BCUT2D eigenvalue weighted by Gasteiger charge is -2.25. The fraction of sp³-hybridized carbons (Fsp3) is 0.467. The van der Waals surface area contributed by atoms with Crippen molar-refractivity contribution in [1.29, 1.82) is 0 Å². The van der Waals surface area contributed by atoms with E-state index in [1.54, 1.807) is 24.3 Å². The number of hydrogen-bond donors (Lipinski definition) is 2. The maximum absolute atomic E-state index is 12.0. The first-order valence-electron chi connectivity index (χ1n) is 7.88. The van der Waals surface area contributed by atoms with Crippen LogP contribution in [-0.2, 0) is 19.7 Å². The normalized spacial score (nSPS) is 16.0. The molecule has 0 atom stereocenters. The maximum atomic E-state index is 12.0. The van der Waals surface area contributed by atoms with Crippen LogP contribution in [0.5, 0.6) is 5.75 Å². The number of nitrogens with zero attached hydrogens (tertiary/aromatic N) is 2. The number of morpholine rings is 1. The lowest BCUT2D eigenvalue weighted by atomic mass is 10.2. The van der Waals surface area contributed by atoms with Gasteiger partial charge < -0.3 is 9.47 Å². The number of rotatable bonds is 8.